The van der Waals surface area contributed by atoms with E-state index >= 15 is 0 Å². The zero-order valence-electron chi connectivity index (χ0n) is 58.8. The predicted molar refractivity (Wildman–Crippen MR) is 363 cm³/mol. The van der Waals surface area contributed by atoms with E-state index in [2.05, 4.69) is 55.4 Å². The van der Waals surface area contributed by atoms with Crippen molar-refractivity contribution in [1.82, 2.24) is 0 Å². The summed E-state index contributed by atoms with van der Waals surface area (Å²) in [6.45, 7) is 14.1. The number of hydrogen-bond acceptors (Lipinski definition) is 15. The van der Waals surface area contributed by atoms with Crippen LogP contribution in [0.15, 0.2) is 0 Å². The average molecular weight is 1330 g/mol. The van der Waals surface area contributed by atoms with Crippen molar-refractivity contribution in [3.63, 3.8) is 0 Å². The molecule has 0 amide bonds. The Kier molecular flexibility index (Phi) is 59.4. The molecule has 0 aromatic carbocycles. The minimum absolute atomic E-state index is 0.103. The van der Waals surface area contributed by atoms with Gasteiger partial charge < -0.3 is 33.8 Å². The molecule has 0 heterocycles. The summed E-state index contributed by atoms with van der Waals surface area (Å²) in [5.41, 5.74) is 0. The molecule has 0 saturated carbocycles. The number of hydrogen-bond donors (Lipinski definition) is 3. The van der Waals surface area contributed by atoms with Gasteiger partial charge in [0.15, 0.2) is 12.2 Å². The quantitative estimate of drug-likeness (QED) is 0.0222. The third kappa shape index (κ3) is 59.8. The largest absolute Gasteiger partial charge is 0.472 e. The Hall–Kier alpha value is -1.94. The third-order valence-corrected chi connectivity index (χ3v) is 19.7. The molecule has 0 bridgehead atoms. The maximum absolute atomic E-state index is 13.0. The second-order valence-electron chi connectivity index (χ2n) is 26.6. The second kappa shape index (κ2) is 60.7. The van der Waals surface area contributed by atoms with E-state index < -0.39 is 97.5 Å². The van der Waals surface area contributed by atoms with Crippen molar-refractivity contribution < 1.29 is 80.2 Å². The fraction of sp³-hybridized carbons (Fsp3) is 0.944. The smallest absolute Gasteiger partial charge is 0.462 e. The monoisotopic (exact) mass is 1320 g/mol. The molecule has 90 heavy (non-hydrogen) atoms. The number of phosphoric ester groups is 2. The topological polar surface area (TPSA) is 237 Å². The molecule has 17 nitrogen and oxygen atoms in total. The van der Waals surface area contributed by atoms with Gasteiger partial charge in [0.1, 0.15) is 19.3 Å². The zero-order valence-corrected chi connectivity index (χ0v) is 60.6. The molecule has 9 atom stereocenters. The Morgan fingerprint density at radius 1 is 0.300 bits per heavy atom. The van der Waals surface area contributed by atoms with Gasteiger partial charge in [-0.15, -0.1) is 0 Å². The van der Waals surface area contributed by atoms with Crippen LogP contribution in [0.25, 0.3) is 0 Å². The lowest BCUT2D eigenvalue weighted by molar-refractivity contribution is -0.161. The minimum atomic E-state index is -4.95. The Morgan fingerprint density at radius 3 is 0.733 bits per heavy atom. The SMILES string of the molecule is CCC(C)CCCCCCCCCCCCCCCCC(=O)OC[C@H](COP(=O)(O)OC[C@@H](O)COP(=O)(O)OC[C@@H](COC(=O)CCCCCCCCC(C)CC)OC(=O)CCCCCCCCCCC(C)CC)OC(=O)CCCCCCCCC(C)CC. The van der Waals surface area contributed by atoms with E-state index in [1.165, 1.54) is 148 Å². The molecular weight excluding hydrogens is 1190 g/mol. The molecule has 0 aromatic rings. The Morgan fingerprint density at radius 2 is 0.500 bits per heavy atom. The number of phosphoric acid groups is 2. The highest BCUT2D eigenvalue weighted by molar-refractivity contribution is 7.47. The summed E-state index contributed by atoms with van der Waals surface area (Å²) in [5, 5.41) is 10.6. The van der Waals surface area contributed by atoms with Crippen LogP contribution in [-0.2, 0) is 65.4 Å². The van der Waals surface area contributed by atoms with Crippen LogP contribution >= 0.6 is 15.6 Å². The van der Waals surface area contributed by atoms with Crippen LogP contribution < -0.4 is 0 Å². The zero-order chi connectivity index (χ0) is 66.8. The minimum Gasteiger partial charge on any atom is -0.462 e. The molecule has 0 aliphatic rings. The van der Waals surface area contributed by atoms with Crippen LogP contribution in [0.5, 0.6) is 0 Å². The summed E-state index contributed by atoms with van der Waals surface area (Å²) in [6, 6.07) is 0. The summed E-state index contributed by atoms with van der Waals surface area (Å²) in [5.74, 6) is 0.937. The standard InChI is InChI=1S/C71H138O17P2/c1-9-61(5)47-39-31-23-19-17-15-13-14-16-18-20-25-35-43-51-68(73)81-57-67(88-71(76)54-46-38-30-28-34-42-50-64(8)12-4)60-86-90(79,80)84-56-65(72)55-83-89(77,78)85-59-66(58-82-69(74)52-44-36-29-27-33-41-49-63(7)11-3)87-70(75)53-45-37-26-22-21-24-32-40-48-62(6)10-2/h61-67,72H,9-60H2,1-8H3,(H,77,78)(H,79,80)/t61?,62?,63?,64?,65-,66+,67+/m0/s1. The van der Waals surface area contributed by atoms with Gasteiger partial charge >= 0.3 is 39.5 Å². The average Bonchev–Trinajstić information content (AvgIpc) is 3.60. The predicted octanol–water partition coefficient (Wildman–Crippen LogP) is 20.1. The van der Waals surface area contributed by atoms with E-state index in [1.807, 2.05) is 0 Å². The molecule has 0 aliphatic carbocycles. The first-order valence-electron chi connectivity index (χ1n) is 36.9. The number of ether oxygens (including phenoxy) is 4. The van der Waals surface area contributed by atoms with Gasteiger partial charge in [-0.2, -0.15) is 0 Å². The van der Waals surface area contributed by atoms with Gasteiger partial charge in [0, 0.05) is 25.7 Å². The number of carbonyl (C=O) groups excluding carboxylic acids is 4. The van der Waals surface area contributed by atoms with E-state index in [-0.39, 0.29) is 25.7 Å². The van der Waals surface area contributed by atoms with E-state index in [4.69, 9.17) is 37.0 Å². The molecule has 0 aliphatic heterocycles. The van der Waals surface area contributed by atoms with Crippen molar-refractivity contribution in [3.05, 3.63) is 0 Å². The van der Waals surface area contributed by atoms with Crippen LogP contribution in [0.2, 0.25) is 0 Å². The molecule has 534 valence electrons. The molecular formula is C71H138O17P2. The number of unbranched alkanes of at least 4 members (excludes halogenated alkanes) is 30. The van der Waals surface area contributed by atoms with Gasteiger partial charge in [-0.1, -0.05) is 299 Å². The molecule has 0 aromatic heterocycles. The van der Waals surface area contributed by atoms with Crippen molar-refractivity contribution in [2.45, 2.75) is 369 Å². The van der Waals surface area contributed by atoms with Crippen LogP contribution in [0.3, 0.4) is 0 Å². The summed E-state index contributed by atoms with van der Waals surface area (Å²) in [4.78, 5) is 72.5. The van der Waals surface area contributed by atoms with Crippen LogP contribution in [0, 0.1) is 23.7 Å². The first kappa shape index (κ1) is 88.1. The molecule has 0 radical (unpaired) electrons. The van der Waals surface area contributed by atoms with Gasteiger partial charge in [-0.25, -0.2) is 9.13 Å². The lowest BCUT2D eigenvalue weighted by Crippen LogP contribution is -2.30. The van der Waals surface area contributed by atoms with Gasteiger partial charge in [0.05, 0.1) is 26.4 Å². The summed E-state index contributed by atoms with van der Waals surface area (Å²) >= 11 is 0. The van der Waals surface area contributed by atoms with Gasteiger partial charge in [-0.3, -0.25) is 37.3 Å². The molecule has 0 saturated heterocycles. The number of rotatable bonds is 68. The number of carbonyl (C=O) groups is 4. The molecule has 0 rings (SSSR count). The summed E-state index contributed by atoms with van der Waals surface area (Å²) in [7, 11) is -9.90. The van der Waals surface area contributed by atoms with E-state index in [1.54, 1.807) is 0 Å². The summed E-state index contributed by atoms with van der Waals surface area (Å²) < 4.78 is 68.3. The second-order valence-corrected chi connectivity index (χ2v) is 29.5. The lowest BCUT2D eigenvalue weighted by Gasteiger charge is -2.21. The highest BCUT2D eigenvalue weighted by atomic mass is 31.2. The van der Waals surface area contributed by atoms with Crippen LogP contribution in [0.1, 0.15) is 351 Å². The molecule has 19 heteroatoms. The fourth-order valence-electron chi connectivity index (χ4n) is 10.5. The number of aliphatic hydroxyl groups excluding tert-OH is 1. The third-order valence-electron chi connectivity index (χ3n) is 17.8. The van der Waals surface area contributed by atoms with Crippen molar-refractivity contribution in [2.75, 3.05) is 39.6 Å². The summed E-state index contributed by atoms with van der Waals surface area (Å²) in [6.07, 6.45) is 43.1. The van der Waals surface area contributed by atoms with Crippen molar-refractivity contribution in [1.29, 1.82) is 0 Å². The van der Waals surface area contributed by atoms with Crippen molar-refractivity contribution >= 4 is 39.5 Å². The van der Waals surface area contributed by atoms with E-state index in [9.17, 15) is 43.2 Å². The maximum atomic E-state index is 13.0. The van der Waals surface area contributed by atoms with E-state index in [0.717, 1.165) is 120 Å². The lowest BCUT2D eigenvalue weighted by atomic mass is 9.99. The van der Waals surface area contributed by atoms with Gasteiger partial charge in [0.2, 0.25) is 0 Å². The molecule has 0 fully saturated rings. The highest BCUT2D eigenvalue weighted by Crippen LogP contribution is 2.45. The first-order chi connectivity index (χ1) is 43.2. The number of esters is 4. The van der Waals surface area contributed by atoms with Crippen molar-refractivity contribution in [3.8, 4) is 0 Å². The Labute approximate surface area is 549 Å². The first-order valence-corrected chi connectivity index (χ1v) is 39.8. The molecule has 0 spiro atoms. The maximum Gasteiger partial charge on any atom is 0.472 e. The molecule has 6 unspecified atom stereocenters. The van der Waals surface area contributed by atoms with Crippen molar-refractivity contribution in [2.24, 2.45) is 23.7 Å². The normalized spacial score (nSPS) is 15.5. The molecule has 3 N–H and O–H groups in total. The van der Waals surface area contributed by atoms with Crippen LogP contribution in [-0.4, -0.2) is 96.7 Å². The Bertz CT molecular complexity index is 1790. The highest BCUT2D eigenvalue weighted by Gasteiger charge is 2.30. The Balaban J connectivity index is 5.21. The fourth-order valence-corrected chi connectivity index (χ4v) is 12.1. The number of aliphatic hydroxyl groups is 1. The van der Waals surface area contributed by atoms with Crippen LogP contribution in [0.4, 0.5) is 0 Å². The van der Waals surface area contributed by atoms with E-state index in [0.29, 0.717) is 25.7 Å². The van der Waals surface area contributed by atoms with Gasteiger partial charge in [-0.05, 0) is 49.4 Å². The van der Waals surface area contributed by atoms with Gasteiger partial charge in [0.25, 0.3) is 0 Å².